The first-order valence-corrected chi connectivity index (χ1v) is 7.13. The molecule has 0 bridgehead atoms. The zero-order chi connectivity index (χ0) is 15.5. The van der Waals surface area contributed by atoms with Crippen molar-refractivity contribution in [2.45, 2.75) is 45.1 Å². The highest BCUT2D eigenvalue weighted by atomic mass is 19.4. The summed E-state index contributed by atoms with van der Waals surface area (Å²) in [6.45, 7) is 7.39. The molecule has 1 aromatic rings. The number of nitrogens with zero attached hydrogens (tertiary/aromatic N) is 1. The SMILES string of the molecule is C=Cc1cc(CN2CCCCC2C)cc(OC(F)(F)F)c1. The normalized spacial score (nSPS) is 20.3. The van der Waals surface area contributed by atoms with Crippen LogP contribution in [0.25, 0.3) is 6.08 Å². The van der Waals surface area contributed by atoms with Gasteiger partial charge in [0.2, 0.25) is 0 Å². The van der Waals surface area contributed by atoms with E-state index >= 15 is 0 Å². The van der Waals surface area contributed by atoms with Crippen LogP contribution in [0.5, 0.6) is 5.75 Å². The van der Waals surface area contributed by atoms with Crippen molar-refractivity contribution in [1.29, 1.82) is 0 Å². The van der Waals surface area contributed by atoms with Gasteiger partial charge in [-0.3, -0.25) is 4.90 Å². The number of ether oxygens (including phenoxy) is 1. The van der Waals surface area contributed by atoms with Crippen LogP contribution in [-0.2, 0) is 6.54 Å². The van der Waals surface area contributed by atoms with Gasteiger partial charge in [-0.15, -0.1) is 13.2 Å². The highest BCUT2D eigenvalue weighted by molar-refractivity contribution is 5.51. The van der Waals surface area contributed by atoms with Crippen molar-refractivity contribution < 1.29 is 17.9 Å². The largest absolute Gasteiger partial charge is 0.573 e. The Labute approximate surface area is 123 Å². The lowest BCUT2D eigenvalue weighted by atomic mass is 10.0. The number of rotatable bonds is 4. The molecule has 1 fully saturated rings. The van der Waals surface area contributed by atoms with E-state index in [1.54, 1.807) is 0 Å². The van der Waals surface area contributed by atoms with Crippen molar-refractivity contribution in [1.82, 2.24) is 4.90 Å². The molecular formula is C16H20F3NO. The third kappa shape index (κ3) is 4.77. The number of likely N-dealkylation sites (tertiary alicyclic amines) is 1. The van der Waals surface area contributed by atoms with Gasteiger partial charge in [0.25, 0.3) is 0 Å². The molecule has 1 aliphatic heterocycles. The van der Waals surface area contributed by atoms with E-state index in [0.717, 1.165) is 24.9 Å². The van der Waals surface area contributed by atoms with E-state index in [9.17, 15) is 13.2 Å². The Morgan fingerprint density at radius 2 is 2.10 bits per heavy atom. The minimum absolute atomic E-state index is 0.181. The first kappa shape index (κ1) is 15.9. The van der Waals surface area contributed by atoms with Gasteiger partial charge < -0.3 is 4.74 Å². The average Bonchev–Trinajstić information content (AvgIpc) is 2.39. The van der Waals surface area contributed by atoms with Crippen LogP contribution < -0.4 is 4.74 Å². The quantitative estimate of drug-likeness (QED) is 0.805. The van der Waals surface area contributed by atoms with Gasteiger partial charge in [-0.2, -0.15) is 0 Å². The molecule has 0 spiro atoms. The molecule has 0 aliphatic carbocycles. The van der Waals surface area contributed by atoms with Crippen molar-refractivity contribution in [2.24, 2.45) is 0 Å². The van der Waals surface area contributed by atoms with Gasteiger partial charge in [0, 0.05) is 12.6 Å². The Balaban J connectivity index is 2.17. The summed E-state index contributed by atoms with van der Waals surface area (Å²) in [5.41, 5.74) is 1.46. The summed E-state index contributed by atoms with van der Waals surface area (Å²) >= 11 is 0. The summed E-state index contributed by atoms with van der Waals surface area (Å²) in [4.78, 5) is 2.29. The number of piperidine rings is 1. The maximum Gasteiger partial charge on any atom is 0.573 e. The monoisotopic (exact) mass is 299 g/mol. The van der Waals surface area contributed by atoms with E-state index in [-0.39, 0.29) is 5.75 Å². The molecule has 1 unspecified atom stereocenters. The molecule has 0 aromatic heterocycles. The topological polar surface area (TPSA) is 12.5 Å². The Kier molecular flexibility index (Phi) is 4.93. The number of alkyl halides is 3. The minimum Gasteiger partial charge on any atom is -0.406 e. The molecule has 1 heterocycles. The number of hydrogen-bond acceptors (Lipinski definition) is 2. The van der Waals surface area contributed by atoms with E-state index in [4.69, 9.17) is 0 Å². The third-order valence-electron chi connectivity index (χ3n) is 3.78. The Hall–Kier alpha value is -1.49. The van der Waals surface area contributed by atoms with E-state index in [0.29, 0.717) is 18.2 Å². The van der Waals surface area contributed by atoms with Crippen LogP contribution in [0.4, 0.5) is 13.2 Å². The summed E-state index contributed by atoms with van der Waals surface area (Å²) in [6.07, 6.45) is 0.346. The highest BCUT2D eigenvalue weighted by Crippen LogP contribution is 2.27. The van der Waals surface area contributed by atoms with Crippen LogP contribution in [0.2, 0.25) is 0 Å². The Morgan fingerprint density at radius 3 is 2.71 bits per heavy atom. The van der Waals surface area contributed by atoms with Crippen molar-refractivity contribution >= 4 is 6.08 Å². The molecule has 0 radical (unpaired) electrons. The second-order valence-electron chi connectivity index (χ2n) is 5.48. The van der Waals surface area contributed by atoms with Gasteiger partial charge in [0.1, 0.15) is 5.75 Å². The molecule has 2 rings (SSSR count). The lowest BCUT2D eigenvalue weighted by molar-refractivity contribution is -0.274. The molecule has 1 aliphatic rings. The van der Waals surface area contributed by atoms with Crippen molar-refractivity contribution in [3.05, 3.63) is 35.9 Å². The highest BCUT2D eigenvalue weighted by Gasteiger charge is 2.31. The molecule has 1 aromatic carbocycles. The van der Waals surface area contributed by atoms with Gasteiger partial charge >= 0.3 is 6.36 Å². The van der Waals surface area contributed by atoms with Crippen LogP contribution in [0, 0.1) is 0 Å². The lowest BCUT2D eigenvalue weighted by Crippen LogP contribution is -2.36. The van der Waals surface area contributed by atoms with Crippen molar-refractivity contribution in [3.8, 4) is 5.75 Å². The maximum absolute atomic E-state index is 12.4. The number of halogens is 3. The van der Waals surface area contributed by atoms with Gasteiger partial charge in [-0.05, 0) is 49.6 Å². The van der Waals surface area contributed by atoms with Gasteiger partial charge in [0.15, 0.2) is 0 Å². The second-order valence-corrected chi connectivity index (χ2v) is 5.48. The fourth-order valence-corrected chi connectivity index (χ4v) is 2.71. The van der Waals surface area contributed by atoms with Crippen molar-refractivity contribution in [2.75, 3.05) is 6.54 Å². The van der Waals surface area contributed by atoms with Crippen LogP contribution in [0.1, 0.15) is 37.3 Å². The molecule has 21 heavy (non-hydrogen) atoms. The van der Waals surface area contributed by atoms with Crippen molar-refractivity contribution in [3.63, 3.8) is 0 Å². The third-order valence-corrected chi connectivity index (χ3v) is 3.78. The predicted octanol–water partition coefficient (Wildman–Crippen LogP) is 4.60. The predicted molar refractivity (Wildman–Crippen MR) is 76.9 cm³/mol. The van der Waals surface area contributed by atoms with Gasteiger partial charge in [-0.25, -0.2) is 0 Å². The summed E-state index contributed by atoms with van der Waals surface area (Å²) in [6, 6.07) is 5.13. The Bertz CT molecular complexity index is 499. The number of hydrogen-bond donors (Lipinski definition) is 0. The Morgan fingerprint density at radius 1 is 1.33 bits per heavy atom. The van der Waals surface area contributed by atoms with Gasteiger partial charge in [0.05, 0.1) is 0 Å². The molecule has 0 amide bonds. The summed E-state index contributed by atoms with van der Waals surface area (Å²) in [5, 5.41) is 0. The molecular weight excluding hydrogens is 279 g/mol. The molecule has 0 saturated carbocycles. The first-order chi connectivity index (χ1) is 9.87. The summed E-state index contributed by atoms with van der Waals surface area (Å²) in [5.74, 6) is -0.181. The molecule has 5 heteroatoms. The maximum atomic E-state index is 12.4. The van der Waals surface area contributed by atoms with Crippen LogP contribution in [0.3, 0.4) is 0 Å². The molecule has 1 saturated heterocycles. The molecule has 2 nitrogen and oxygen atoms in total. The van der Waals surface area contributed by atoms with E-state index in [2.05, 4.69) is 23.1 Å². The summed E-state index contributed by atoms with van der Waals surface area (Å²) in [7, 11) is 0. The van der Waals surface area contributed by atoms with Crippen LogP contribution in [-0.4, -0.2) is 23.8 Å². The number of benzene rings is 1. The molecule has 116 valence electrons. The second kappa shape index (κ2) is 6.52. The molecule has 1 atom stereocenters. The van der Waals surface area contributed by atoms with E-state index < -0.39 is 6.36 Å². The zero-order valence-electron chi connectivity index (χ0n) is 12.1. The first-order valence-electron chi connectivity index (χ1n) is 7.13. The van der Waals surface area contributed by atoms with Crippen LogP contribution >= 0.6 is 0 Å². The van der Waals surface area contributed by atoms with E-state index in [1.165, 1.54) is 24.6 Å². The molecule has 0 N–H and O–H groups in total. The standard InChI is InChI=1S/C16H20F3NO/c1-3-13-8-14(10-15(9-13)21-16(17,18)19)11-20-7-5-4-6-12(20)2/h3,8-10,12H,1,4-7,11H2,2H3. The fraction of sp³-hybridized carbons (Fsp3) is 0.500. The summed E-state index contributed by atoms with van der Waals surface area (Å²) < 4.78 is 41.1. The lowest BCUT2D eigenvalue weighted by Gasteiger charge is -2.33. The minimum atomic E-state index is -4.67. The zero-order valence-corrected chi connectivity index (χ0v) is 12.1. The fourth-order valence-electron chi connectivity index (χ4n) is 2.71. The smallest absolute Gasteiger partial charge is 0.406 e. The van der Waals surface area contributed by atoms with Gasteiger partial charge in [-0.1, -0.05) is 25.1 Å². The van der Waals surface area contributed by atoms with Crippen LogP contribution in [0.15, 0.2) is 24.8 Å². The average molecular weight is 299 g/mol. The van der Waals surface area contributed by atoms with E-state index in [1.807, 2.05) is 6.07 Å².